The number of carbonyl (C=O) groups excluding carboxylic acids is 1. The summed E-state index contributed by atoms with van der Waals surface area (Å²) in [4.78, 5) is 18.1. The minimum Gasteiger partial charge on any atom is -0.343 e. The van der Waals surface area contributed by atoms with Crippen molar-refractivity contribution in [2.45, 2.75) is 38.3 Å². The molecule has 1 aliphatic heterocycles. The Morgan fingerprint density at radius 1 is 1.47 bits per heavy atom. The summed E-state index contributed by atoms with van der Waals surface area (Å²) in [5, 5.41) is 0. The Hall–Kier alpha value is -1.43. The molecule has 2 N–H and O–H groups in total. The van der Waals surface area contributed by atoms with Crippen LogP contribution in [0.1, 0.15) is 25.1 Å². The summed E-state index contributed by atoms with van der Waals surface area (Å²) < 4.78 is 14.1. The number of nitrogens with two attached hydrogens (primary N) is 1. The standard InChI is InChI=1S/C13H21FN4O/c14-5-9-17-10-6-16-12(17)1-2-13(19)18-7-3-11(15)4-8-18/h6,10-11H,1-5,7-9,15H2. The number of nitrogens with zero attached hydrogens (tertiary/aromatic N) is 3. The van der Waals surface area contributed by atoms with E-state index in [-0.39, 0.29) is 11.9 Å². The van der Waals surface area contributed by atoms with Crippen LogP contribution >= 0.6 is 0 Å². The van der Waals surface area contributed by atoms with Crippen molar-refractivity contribution >= 4 is 5.91 Å². The fraction of sp³-hybridized carbons (Fsp3) is 0.692. The number of alkyl halides is 1. The van der Waals surface area contributed by atoms with Gasteiger partial charge < -0.3 is 15.2 Å². The van der Waals surface area contributed by atoms with Crippen LogP contribution in [0.4, 0.5) is 4.39 Å². The number of hydrogen-bond acceptors (Lipinski definition) is 3. The third kappa shape index (κ3) is 3.76. The summed E-state index contributed by atoms with van der Waals surface area (Å²) in [7, 11) is 0. The zero-order valence-electron chi connectivity index (χ0n) is 11.1. The van der Waals surface area contributed by atoms with Crippen LogP contribution in [0, 0.1) is 0 Å². The van der Waals surface area contributed by atoms with Crippen LogP contribution in [0.2, 0.25) is 0 Å². The maximum Gasteiger partial charge on any atom is 0.223 e. The Morgan fingerprint density at radius 3 is 2.89 bits per heavy atom. The smallest absolute Gasteiger partial charge is 0.223 e. The van der Waals surface area contributed by atoms with Crippen LogP contribution in [0.15, 0.2) is 12.4 Å². The molecule has 0 radical (unpaired) electrons. The second kappa shape index (κ2) is 6.65. The van der Waals surface area contributed by atoms with E-state index in [9.17, 15) is 9.18 Å². The summed E-state index contributed by atoms with van der Waals surface area (Å²) >= 11 is 0. The number of piperidine rings is 1. The van der Waals surface area contributed by atoms with Gasteiger partial charge in [0.05, 0.1) is 6.54 Å². The third-order valence-corrected chi connectivity index (χ3v) is 3.58. The molecular formula is C13H21FN4O. The zero-order valence-corrected chi connectivity index (χ0v) is 11.1. The zero-order chi connectivity index (χ0) is 13.7. The molecule has 1 amide bonds. The summed E-state index contributed by atoms with van der Waals surface area (Å²) in [6, 6.07) is 0.229. The highest BCUT2D eigenvalue weighted by Crippen LogP contribution is 2.11. The Kier molecular flexibility index (Phi) is 4.90. The normalized spacial score (nSPS) is 16.8. The molecule has 0 bridgehead atoms. The van der Waals surface area contributed by atoms with Crippen LogP contribution in [0.3, 0.4) is 0 Å². The fourth-order valence-corrected chi connectivity index (χ4v) is 2.39. The average Bonchev–Trinajstić information content (AvgIpc) is 2.85. The Bertz CT molecular complexity index is 413. The van der Waals surface area contributed by atoms with Crippen molar-refractivity contribution in [3.8, 4) is 0 Å². The number of hydrogen-bond donors (Lipinski definition) is 1. The van der Waals surface area contributed by atoms with Gasteiger partial charge in [-0.1, -0.05) is 0 Å². The molecule has 2 rings (SSSR count). The molecule has 1 aliphatic rings. The van der Waals surface area contributed by atoms with Gasteiger partial charge in [-0.3, -0.25) is 4.79 Å². The average molecular weight is 268 g/mol. The van der Waals surface area contributed by atoms with Crippen LogP contribution in [-0.2, 0) is 17.8 Å². The second-order valence-corrected chi connectivity index (χ2v) is 4.94. The SMILES string of the molecule is NC1CCN(C(=O)CCc2nccn2CCF)CC1. The van der Waals surface area contributed by atoms with Crippen molar-refractivity contribution < 1.29 is 9.18 Å². The summed E-state index contributed by atoms with van der Waals surface area (Å²) in [6.45, 7) is 1.39. The number of aryl methyl sites for hydroxylation is 2. The molecule has 6 heteroatoms. The van der Waals surface area contributed by atoms with Gasteiger partial charge in [0, 0.05) is 44.4 Å². The Labute approximate surface area is 112 Å². The predicted molar refractivity (Wildman–Crippen MR) is 70.3 cm³/mol. The molecule has 0 spiro atoms. The van der Waals surface area contributed by atoms with Crippen LogP contribution < -0.4 is 5.73 Å². The first-order chi connectivity index (χ1) is 9.20. The van der Waals surface area contributed by atoms with E-state index in [1.165, 1.54) is 0 Å². The van der Waals surface area contributed by atoms with Crippen molar-refractivity contribution in [3.05, 3.63) is 18.2 Å². The third-order valence-electron chi connectivity index (χ3n) is 3.58. The predicted octanol–water partition coefficient (Wildman–Crippen LogP) is 0.735. The first-order valence-electron chi connectivity index (χ1n) is 6.80. The monoisotopic (exact) mass is 268 g/mol. The van der Waals surface area contributed by atoms with E-state index >= 15 is 0 Å². The Morgan fingerprint density at radius 2 is 2.21 bits per heavy atom. The summed E-state index contributed by atoms with van der Waals surface area (Å²) in [6.07, 6.45) is 6.14. The summed E-state index contributed by atoms with van der Waals surface area (Å²) in [5.41, 5.74) is 5.81. The molecular weight excluding hydrogens is 247 g/mol. The first kappa shape index (κ1) is 14.0. The number of halogens is 1. The minimum atomic E-state index is -0.415. The van der Waals surface area contributed by atoms with Crippen molar-refractivity contribution in [2.24, 2.45) is 5.73 Å². The van der Waals surface area contributed by atoms with Crippen LogP contribution in [0.25, 0.3) is 0 Å². The molecule has 0 saturated carbocycles. The molecule has 106 valence electrons. The summed E-state index contributed by atoms with van der Waals surface area (Å²) in [5.74, 6) is 0.918. The molecule has 1 aromatic rings. The molecule has 2 heterocycles. The van der Waals surface area contributed by atoms with Gasteiger partial charge in [-0.2, -0.15) is 0 Å². The van der Waals surface area contributed by atoms with E-state index in [4.69, 9.17) is 5.73 Å². The number of imidazole rings is 1. The lowest BCUT2D eigenvalue weighted by Crippen LogP contribution is -2.42. The number of carbonyl (C=O) groups is 1. The van der Waals surface area contributed by atoms with Gasteiger partial charge in [-0.25, -0.2) is 9.37 Å². The highest BCUT2D eigenvalue weighted by atomic mass is 19.1. The van der Waals surface area contributed by atoms with Crippen molar-refractivity contribution in [3.63, 3.8) is 0 Å². The molecule has 0 aromatic carbocycles. The number of aromatic nitrogens is 2. The van der Waals surface area contributed by atoms with Gasteiger partial charge >= 0.3 is 0 Å². The Balaban J connectivity index is 1.81. The van der Waals surface area contributed by atoms with Crippen LogP contribution in [-0.4, -0.2) is 46.2 Å². The molecule has 0 unspecified atom stereocenters. The number of likely N-dealkylation sites (tertiary alicyclic amines) is 1. The molecule has 1 saturated heterocycles. The molecule has 5 nitrogen and oxygen atoms in total. The van der Waals surface area contributed by atoms with Gasteiger partial charge in [-0.05, 0) is 12.8 Å². The van der Waals surface area contributed by atoms with E-state index in [1.807, 2.05) is 4.90 Å². The highest BCUT2D eigenvalue weighted by molar-refractivity contribution is 5.76. The maximum absolute atomic E-state index is 12.3. The fourth-order valence-electron chi connectivity index (χ4n) is 2.39. The first-order valence-corrected chi connectivity index (χ1v) is 6.80. The molecule has 1 fully saturated rings. The lowest BCUT2D eigenvalue weighted by Gasteiger charge is -2.30. The van der Waals surface area contributed by atoms with E-state index < -0.39 is 6.67 Å². The van der Waals surface area contributed by atoms with Gasteiger partial charge in [0.25, 0.3) is 0 Å². The molecule has 0 aliphatic carbocycles. The number of amides is 1. The van der Waals surface area contributed by atoms with E-state index in [0.717, 1.165) is 31.8 Å². The van der Waals surface area contributed by atoms with Crippen molar-refractivity contribution in [1.82, 2.24) is 14.5 Å². The number of rotatable bonds is 5. The van der Waals surface area contributed by atoms with Crippen molar-refractivity contribution in [2.75, 3.05) is 19.8 Å². The highest BCUT2D eigenvalue weighted by Gasteiger charge is 2.20. The van der Waals surface area contributed by atoms with Crippen molar-refractivity contribution in [1.29, 1.82) is 0 Å². The molecule has 1 aromatic heterocycles. The van der Waals surface area contributed by atoms with E-state index in [1.54, 1.807) is 17.0 Å². The molecule has 0 atom stereocenters. The quantitative estimate of drug-likeness (QED) is 0.856. The van der Waals surface area contributed by atoms with Gasteiger partial charge in [0.1, 0.15) is 12.5 Å². The van der Waals surface area contributed by atoms with E-state index in [0.29, 0.717) is 19.4 Å². The second-order valence-electron chi connectivity index (χ2n) is 4.94. The lowest BCUT2D eigenvalue weighted by molar-refractivity contribution is -0.132. The largest absolute Gasteiger partial charge is 0.343 e. The lowest BCUT2D eigenvalue weighted by atomic mass is 10.1. The van der Waals surface area contributed by atoms with Gasteiger partial charge in [0.15, 0.2) is 0 Å². The minimum absolute atomic E-state index is 0.140. The van der Waals surface area contributed by atoms with E-state index in [2.05, 4.69) is 4.98 Å². The van der Waals surface area contributed by atoms with Gasteiger partial charge in [-0.15, -0.1) is 0 Å². The topological polar surface area (TPSA) is 64.2 Å². The van der Waals surface area contributed by atoms with Crippen LogP contribution in [0.5, 0.6) is 0 Å². The molecule has 19 heavy (non-hydrogen) atoms. The maximum atomic E-state index is 12.3. The van der Waals surface area contributed by atoms with Gasteiger partial charge in [0.2, 0.25) is 5.91 Å².